The Morgan fingerprint density at radius 3 is 2.06 bits per heavy atom. The highest BCUT2D eigenvalue weighted by Gasteiger charge is 2.69. The average molecular weight is 727 g/mol. The fourth-order valence-corrected chi connectivity index (χ4v) is 13.1. The quantitative estimate of drug-likeness (QED) is 0.113. The van der Waals surface area contributed by atoms with Crippen LogP contribution in [0.25, 0.3) is 0 Å². The van der Waals surface area contributed by atoms with Gasteiger partial charge in [-0.15, -0.1) is 0 Å². The molecule has 6 rings (SSSR count). The maximum Gasteiger partial charge on any atom is 0.303 e. The van der Waals surface area contributed by atoms with Crippen LogP contribution in [0.2, 0.25) is 0 Å². The van der Waals surface area contributed by atoms with Gasteiger partial charge in [0.15, 0.2) is 12.2 Å². The van der Waals surface area contributed by atoms with E-state index in [1.165, 1.54) is 26.3 Å². The Labute approximate surface area is 309 Å². The van der Waals surface area contributed by atoms with Crippen LogP contribution in [-0.4, -0.2) is 60.9 Å². The van der Waals surface area contributed by atoms with Crippen LogP contribution in [-0.2, 0) is 47.7 Å². The molecule has 0 radical (unpaired) electrons. The molecule has 1 aliphatic heterocycles. The minimum absolute atomic E-state index is 0.0380. The average Bonchev–Trinajstić information content (AvgIpc) is 3.03. The van der Waals surface area contributed by atoms with E-state index in [2.05, 4.69) is 54.5 Å². The summed E-state index contributed by atoms with van der Waals surface area (Å²) in [6, 6.07) is 0. The van der Waals surface area contributed by atoms with Gasteiger partial charge in [0.2, 0.25) is 12.4 Å². The molecule has 6 aliphatic rings. The van der Waals surface area contributed by atoms with E-state index in [0.29, 0.717) is 30.5 Å². The van der Waals surface area contributed by atoms with Crippen molar-refractivity contribution in [2.45, 2.75) is 171 Å². The molecular weight excluding hydrogens is 664 g/mol. The summed E-state index contributed by atoms with van der Waals surface area (Å²) < 4.78 is 29.0. The number of Topliss-reactive ketones (excluding diaryl/α,β-unsaturated/α-hetero) is 1. The maximum atomic E-state index is 13.2. The van der Waals surface area contributed by atoms with E-state index in [0.717, 1.165) is 57.8 Å². The molecule has 290 valence electrons. The van der Waals surface area contributed by atoms with Crippen molar-refractivity contribution in [3.05, 3.63) is 11.6 Å². The first-order valence-corrected chi connectivity index (χ1v) is 19.6. The van der Waals surface area contributed by atoms with Crippen LogP contribution in [0.5, 0.6) is 0 Å². The molecule has 4 saturated carbocycles. The highest BCUT2D eigenvalue weighted by Crippen LogP contribution is 2.76. The standard InChI is InChI=1S/C42H62O10/c1-24(44)49-33-29(52-36(48-23-43)35(51-26(3)46)34(33)50-25(2)45)22-42-19-17-37(4,5)21-28(42)27-11-12-31-39(8)15-14-32(47)38(6,7)30(39)13-16-41(31,10)40(27,9)18-20-42/h11,23,28-31,33-36H,12-22H2,1-10H3/t28?,29-,30?,31?,33?,34+,35-,36?,39-,40+,41+,42+/m0/s1. The van der Waals surface area contributed by atoms with Crippen LogP contribution < -0.4 is 0 Å². The summed E-state index contributed by atoms with van der Waals surface area (Å²) in [5.41, 5.74) is 1.22. The second-order valence-corrected chi connectivity index (χ2v) is 19.4. The van der Waals surface area contributed by atoms with E-state index in [9.17, 15) is 24.0 Å². The fourth-order valence-electron chi connectivity index (χ4n) is 13.1. The number of carbonyl (C=O) groups is 5. The number of esters is 3. The molecule has 0 aromatic heterocycles. The van der Waals surface area contributed by atoms with Crippen molar-refractivity contribution in [3.8, 4) is 0 Å². The van der Waals surface area contributed by atoms with Crippen LogP contribution in [0.15, 0.2) is 11.6 Å². The van der Waals surface area contributed by atoms with Crippen LogP contribution in [0.4, 0.5) is 0 Å². The Morgan fingerprint density at radius 2 is 1.42 bits per heavy atom. The lowest BCUT2D eigenvalue weighted by atomic mass is 9.33. The second kappa shape index (κ2) is 13.2. The third kappa shape index (κ3) is 6.14. The Kier molecular flexibility index (Phi) is 9.91. The monoisotopic (exact) mass is 726 g/mol. The third-order valence-corrected chi connectivity index (χ3v) is 15.9. The molecule has 5 aliphatic carbocycles. The predicted octanol–water partition coefficient (Wildman–Crippen LogP) is 7.44. The molecule has 0 bridgehead atoms. The lowest BCUT2D eigenvalue weighted by Gasteiger charge is -2.71. The van der Waals surface area contributed by atoms with Gasteiger partial charge in [-0.05, 0) is 109 Å². The first kappa shape index (κ1) is 39.0. The molecule has 0 aromatic rings. The maximum absolute atomic E-state index is 13.2. The minimum Gasteiger partial charge on any atom is -0.456 e. The van der Waals surface area contributed by atoms with Gasteiger partial charge in [-0.1, -0.05) is 60.1 Å². The van der Waals surface area contributed by atoms with E-state index in [1.807, 2.05) is 0 Å². The second-order valence-electron chi connectivity index (χ2n) is 19.4. The number of carbonyl (C=O) groups excluding carboxylic acids is 5. The SMILES string of the molecule is CC(=O)OC1[C@H](C[C@]23CCC(C)(C)CC2C2=CCC4[C@@]5(C)CCC(=O)C(C)(C)C5CC[C@@]4(C)[C@]2(C)CC3)OC(OC=O)[C@@H](OC(C)=O)[C@@H]1OC(C)=O. The summed E-state index contributed by atoms with van der Waals surface area (Å²) in [5.74, 6) is -0.441. The number of ether oxygens (including phenoxy) is 5. The van der Waals surface area contributed by atoms with E-state index >= 15 is 0 Å². The minimum atomic E-state index is -1.36. The molecule has 0 spiro atoms. The summed E-state index contributed by atoms with van der Waals surface area (Å²) in [4.78, 5) is 62.2. The van der Waals surface area contributed by atoms with Crippen molar-refractivity contribution in [1.82, 2.24) is 0 Å². The van der Waals surface area contributed by atoms with Gasteiger partial charge in [0.1, 0.15) is 11.9 Å². The van der Waals surface area contributed by atoms with Crippen LogP contribution in [0, 0.1) is 50.2 Å². The van der Waals surface area contributed by atoms with Gasteiger partial charge in [-0.3, -0.25) is 24.0 Å². The normalized spacial score (nSPS) is 44.7. The molecule has 12 atom stereocenters. The zero-order valence-corrected chi connectivity index (χ0v) is 33.1. The summed E-state index contributed by atoms with van der Waals surface area (Å²) in [6.07, 6.45) is 6.90. The van der Waals surface area contributed by atoms with Crippen molar-refractivity contribution in [3.63, 3.8) is 0 Å². The molecule has 0 amide bonds. The van der Waals surface area contributed by atoms with E-state index in [-0.39, 0.29) is 44.9 Å². The number of ketones is 1. The van der Waals surface area contributed by atoms with Gasteiger partial charge < -0.3 is 23.7 Å². The molecule has 10 heteroatoms. The van der Waals surface area contributed by atoms with E-state index in [4.69, 9.17) is 23.7 Å². The summed E-state index contributed by atoms with van der Waals surface area (Å²) in [7, 11) is 0. The molecule has 0 N–H and O–H groups in total. The van der Waals surface area contributed by atoms with Crippen molar-refractivity contribution >= 4 is 30.2 Å². The molecule has 10 nitrogen and oxygen atoms in total. The van der Waals surface area contributed by atoms with Gasteiger partial charge in [-0.25, -0.2) is 0 Å². The molecule has 52 heavy (non-hydrogen) atoms. The van der Waals surface area contributed by atoms with Crippen LogP contribution in [0.1, 0.15) is 140 Å². The van der Waals surface area contributed by atoms with Crippen molar-refractivity contribution in [2.24, 2.45) is 50.2 Å². The zero-order chi connectivity index (χ0) is 38.2. The van der Waals surface area contributed by atoms with Gasteiger partial charge in [0.05, 0.1) is 0 Å². The van der Waals surface area contributed by atoms with Crippen molar-refractivity contribution < 1.29 is 47.7 Å². The number of fused-ring (bicyclic) bond motifs is 7. The highest BCUT2D eigenvalue weighted by molar-refractivity contribution is 5.85. The molecule has 1 heterocycles. The number of rotatable bonds is 7. The Hall–Kier alpha value is -2.75. The molecule has 5 fully saturated rings. The Bertz CT molecular complexity index is 1510. The first-order chi connectivity index (χ1) is 24.1. The van der Waals surface area contributed by atoms with Gasteiger partial charge >= 0.3 is 17.9 Å². The Morgan fingerprint density at radius 1 is 0.808 bits per heavy atom. The zero-order valence-electron chi connectivity index (χ0n) is 33.1. The van der Waals surface area contributed by atoms with Gasteiger partial charge in [-0.2, -0.15) is 0 Å². The highest BCUT2D eigenvalue weighted by atomic mass is 16.7. The van der Waals surface area contributed by atoms with Gasteiger partial charge in [0, 0.05) is 32.6 Å². The summed E-state index contributed by atoms with van der Waals surface area (Å²) >= 11 is 0. The predicted molar refractivity (Wildman–Crippen MR) is 191 cm³/mol. The number of hydrogen-bond acceptors (Lipinski definition) is 10. The Balaban J connectivity index is 1.40. The topological polar surface area (TPSA) is 132 Å². The lowest BCUT2D eigenvalue weighted by Crippen LogP contribution is -2.65. The van der Waals surface area contributed by atoms with E-state index in [1.54, 1.807) is 0 Å². The van der Waals surface area contributed by atoms with Crippen LogP contribution in [0.3, 0.4) is 0 Å². The molecule has 5 unspecified atom stereocenters. The molecule has 0 aromatic carbocycles. The smallest absolute Gasteiger partial charge is 0.303 e. The van der Waals surface area contributed by atoms with E-state index < -0.39 is 48.6 Å². The fraction of sp³-hybridized carbons (Fsp3) is 0.833. The number of allylic oxidation sites excluding steroid dienone is 2. The third-order valence-electron chi connectivity index (χ3n) is 15.9. The van der Waals surface area contributed by atoms with Crippen molar-refractivity contribution in [1.29, 1.82) is 0 Å². The largest absolute Gasteiger partial charge is 0.456 e. The summed E-state index contributed by atoms with van der Waals surface area (Å²) in [5, 5.41) is 0. The van der Waals surface area contributed by atoms with Crippen LogP contribution >= 0.6 is 0 Å². The van der Waals surface area contributed by atoms with Gasteiger partial charge in [0.25, 0.3) is 6.47 Å². The number of hydrogen-bond donors (Lipinski definition) is 0. The van der Waals surface area contributed by atoms with Crippen molar-refractivity contribution in [2.75, 3.05) is 0 Å². The molecular formula is C42H62O10. The first-order valence-electron chi connectivity index (χ1n) is 19.6. The summed E-state index contributed by atoms with van der Waals surface area (Å²) in [6.45, 7) is 20.6. The molecule has 1 saturated heterocycles. The lowest BCUT2D eigenvalue weighted by molar-refractivity contribution is -0.299.